The van der Waals surface area contributed by atoms with E-state index in [0.717, 1.165) is 22.6 Å². The van der Waals surface area contributed by atoms with Gasteiger partial charge in [0.05, 0.1) is 18.2 Å². The van der Waals surface area contributed by atoms with Gasteiger partial charge in [0.1, 0.15) is 17.3 Å². The lowest BCUT2D eigenvalue weighted by molar-refractivity contribution is -0.274. The first-order chi connectivity index (χ1) is 18.0. The first-order valence-electron chi connectivity index (χ1n) is 11.9. The summed E-state index contributed by atoms with van der Waals surface area (Å²) in [6.45, 7) is 6.33. The molecule has 0 aromatic heterocycles. The highest BCUT2D eigenvalue weighted by molar-refractivity contribution is 6.51. The number of hydrogen-bond donors (Lipinski definition) is 1. The molecule has 0 aliphatic carbocycles. The number of Topliss-reactive ketones (excluding diaryl/α,β-unsaturated/α-hetero) is 1. The maximum absolute atomic E-state index is 13.3. The summed E-state index contributed by atoms with van der Waals surface area (Å²) in [7, 11) is 0. The first-order valence-corrected chi connectivity index (χ1v) is 11.9. The Morgan fingerprint density at radius 2 is 1.71 bits per heavy atom. The van der Waals surface area contributed by atoms with Crippen LogP contribution < -0.4 is 14.4 Å². The second-order valence-corrected chi connectivity index (χ2v) is 9.31. The lowest BCUT2D eigenvalue weighted by Crippen LogP contribution is -2.29. The van der Waals surface area contributed by atoms with Crippen molar-refractivity contribution in [2.45, 2.75) is 33.2 Å². The second-order valence-electron chi connectivity index (χ2n) is 9.31. The van der Waals surface area contributed by atoms with Gasteiger partial charge in [-0.05, 0) is 54.3 Å². The number of aliphatic hydroxyl groups is 1. The van der Waals surface area contributed by atoms with Crippen molar-refractivity contribution in [2.24, 2.45) is 5.92 Å². The number of rotatable bonds is 7. The normalized spacial score (nSPS) is 17.2. The Morgan fingerprint density at radius 3 is 2.34 bits per heavy atom. The van der Waals surface area contributed by atoms with E-state index in [2.05, 4.69) is 4.74 Å². The first kappa shape index (κ1) is 26.8. The maximum atomic E-state index is 13.3. The molecule has 1 N–H and O–H groups in total. The van der Waals surface area contributed by atoms with E-state index in [4.69, 9.17) is 4.74 Å². The minimum Gasteiger partial charge on any atom is -0.507 e. The van der Waals surface area contributed by atoms with E-state index in [9.17, 15) is 27.9 Å². The quantitative estimate of drug-likeness (QED) is 0.215. The predicted molar refractivity (Wildman–Crippen MR) is 136 cm³/mol. The van der Waals surface area contributed by atoms with Gasteiger partial charge in [-0.25, -0.2) is 0 Å². The van der Waals surface area contributed by atoms with E-state index >= 15 is 0 Å². The molecule has 0 spiro atoms. The van der Waals surface area contributed by atoms with Crippen molar-refractivity contribution in [3.8, 4) is 11.5 Å². The van der Waals surface area contributed by atoms with E-state index in [1.54, 1.807) is 55.5 Å². The van der Waals surface area contributed by atoms with Gasteiger partial charge in [-0.1, -0.05) is 50.2 Å². The topological polar surface area (TPSA) is 76.1 Å². The smallest absolute Gasteiger partial charge is 0.507 e. The van der Waals surface area contributed by atoms with Crippen molar-refractivity contribution in [3.05, 3.63) is 95.1 Å². The molecule has 1 atom stereocenters. The van der Waals surface area contributed by atoms with Gasteiger partial charge in [-0.15, -0.1) is 13.2 Å². The molecule has 1 unspecified atom stereocenters. The standard InChI is InChI=1S/C29H26F3NO5/c1-17(2)16-37-23-13-12-20(14-18(23)3)26(34)24-25(19-8-5-4-6-9-19)33(28(36)27(24)35)21-10-7-11-22(15-21)38-29(30,31)32/h4-15,17,25,34H,16H2,1-3H3/b26-24+. The molecule has 0 bridgehead atoms. The molecule has 1 heterocycles. The molecular formula is C29H26F3NO5. The van der Waals surface area contributed by atoms with Crippen molar-refractivity contribution in [3.63, 3.8) is 0 Å². The van der Waals surface area contributed by atoms with E-state index in [1.807, 2.05) is 13.8 Å². The zero-order valence-corrected chi connectivity index (χ0v) is 21.0. The van der Waals surface area contributed by atoms with Gasteiger partial charge >= 0.3 is 6.36 Å². The molecule has 198 valence electrons. The Bertz CT molecular complexity index is 1380. The Labute approximate surface area is 217 Å². The highest BCUT2D eigenvalue weighted by Crippen LogP contribution is 2.43. The third kappa shape index (κ3) is 5.66. The average molecular weight is 526 g/mol. The molecule has 1 aliphatic rings. The molecule has 0 radical (unpaired) electrons. The third-order valence-corrected chi connectivity index (χ3v) is 5.91. The van der Waals surface area contributed by atoms with Crippen molar-refractivity contribution in [2.75, 3.05) is 11.5 Å². The van der Waals surface area contributed by atoms with E-state index in [1.165, 1.54) is 12.1 Å². The van der Waals surface area contributed by atoms with Crippen LogP contribution in [0.3, 0.4) is 0 Å². The van der Waals surface area contributed by atoms with Gasteiger partial charge in [-0.2, -0.15) is 0 Å². The third-order valence-electron chi connectivity index (χ3n) is 5.91. The fourth-order valence-corrected chi connectivity index (χ4v) is 4.25. The molecule has 1 aliphatic heterocycles. The number of hydrogen-bond acceptors (Lipinski definition) is 5. The number of anilines is 1. The van der Waals surface area contributed by atoms with E-state index in [-0.39, 0.29) is 11.3 Å². The van der Waals surface area contributed by atoms with Crippen molar-refractivity contribution in [1.82, 2.24) is 0 Å². The van der Waals surface area contributed by atoms with Crippen LogP contribution in [0.1, 0.15) is 36.6 Å². The van der Waals surface area contributed by atoms with E-state index < -0.39 is 35.6 Å². The summed E-state index contributed by atoms with van der Waals surface area (Å²) >= 11 is 0. The number of amides is 1. The van der Waals surface area contributed by atoms with Crippen LogP contribution in [0.25, 0.3) is 5.76 Å². The number of nitrogens with zero attached hydrogens (tertiary/aromatic N) is 1. The van der Waals surface area contributed by atoms with Crippen LogP contribution in [0.5, 0.6) is 11.5 Å². The van der Waals surface area contributed by atoms with Gasteiger partial charge in [0.2, 0.25) is 0 Å². The Kier molecular flexibility index (Phi) is 7.48. The Balaban J connectivity index is 1.82. The van der Waals surface area contributed by atoms with Gasteiger partial charge in [0.25, 0.3) is 11.7 Å². The lowest BCUT2D eigenvalue weighted by Gasteiger charge is -2.26. The van der Waals surface area contributed by atoms with Gasteiger partial charge in [-0.3, -0.25) is 14.5 Å². The largest absolute Gasteiger partial charge is 0.573 e. The molecule has 1 saturated heterocycles. The molecule has 3 aromatic rings. The summed E-state index contributed by atoms with van der Waals surface area (Å²) in [4.78, 5) is 27.6. The molecule has 6 nitrogen and oxygen atoms in total. The minimum absolute atomic E-state index is 0.00960. The van der Waals surface area contributed by atoms with Crippen LogP contribution in [0.15, 0.2) is 78.4 Å². The number of carbonyl (C=O) groups excluding carboxylic acids is 2. The van der Waals surface area contributed by atoms with Crippen molar-refractivity contribution < 1.29 is 37.3 Å². The van der Waals surface area contributed by atoms with Crippen LogP contribution in [-0.4, -0.2) is 29.8 Å². The van der Waals surface area contributed by atoms with Crippen LogP contribution in [0.2, 0.25) is 0 Å². The molecule has 9 heteroatoms. The highest BCUT2D eigenvalue weighted by Gasteiger charge is 2.47. The van der Waals surface area contributed by atoms with Crippen LogP contribution in [-0.2, 0) is 9.59 Å². The minimum atomic E-state index is -4.94. The summed E-state index contributed by atoms with van der Waals surface area (Å²) in [6, 6.07) is 17.1. The zero-order chi connectivity index (χ0) is 27.6. The number of ketones is 1. The fraction of sp³-hybridized carbons (Fsp3) is 0.241. The van der Waals surface area contributed by atoms with Gasteiger partial charge in [0.15, 0.2) is 0 Å². The maximum Gasteiger partial charge on any atom is 0.573 e. The average Bonchev–Trinajstić information content (AvgIpc) is 3.12. The number of aryl methyl sites for hydroxylation is 1. The number of halogens is 3. The van der Waals surface area contributed by atoms with Crippen LogP contribution >= 0.6 is 0 Å². The number of carbonyl (C=O) groups is 2. The molecule has 1 amide bonds. The zero-order valence-electron chi connectivity index (χ0n) is 21.0. The summed E-state index contributed by atoms with van der Waals surface area (Å²) in [5, 5.41) is 11.3. The summed E-state index contributed by atoms with van der Waals surface area (Å²) in [6.07, 6.45) is -4.94. The van der Waals surface area contributed by atoms with Crippen molar-refractivity contribution >= 4 is 23.1 Å². The summed E-state index contributed by atoms with van der Waals surface area (Å²) in [5.41, 5.74) is 1.34. The molecule has 38 heavy (non-hydrogen) atoms. The monoisotopic (exact) mass is 525 g/mol. The molecule has 1 fully saturated rings. The lowest BCUT2D eigenvalue weighted by atomic mass is 9.94. The summed E-state index contributed by atoms with van der Waals surface area (Å²) < 4.78 is 48.3. The summed E-state index contributed by atoms with van der Waals surface area (Å²) in [5.74, 6) is -1.96. The molecular weight excluding hydrogens is 499 g/mol. The number of aliphatic hydroxyl groups excluding tert-OH is 1. The fourth-order valence-electron chi connectivity index (χ4n) is 4.25. The predicted octanol–water partition coefficient (Wildman–Crippen LogP) is 6.55. The second kappa shape index (κ2) is 10.6. The van der Waals surface area contributed by atoms with Crippen molar-refractivity contribution in [1.29, 1.82) is 0 Å². The van der Waals surface area contributed by atoms with E-state index in [0.29, 0.717) is 29.4 Å². The van der Waals surface area contributed by atoms with Crippen LogP contribution in [0, 0.1) is 12.8 Å². The Hall–Kier alpha value is -4.27. The molecule has 0 saturated carbocycles. The number of benzene rings is 3. The Morgan fingerprint density at radius 1 is 1.00 bits per heavy atom. The SMILES string of the molecule is Cc1cc(/C(O)=C2\C(=O)C(=O)N(c3cccc(OC(F)(F)F)c3)C2c2ccccc2)ccc1OCC(C)C. The van der Waals surface area contributed by atoms with Gasteiger partial charge < -0.3 is 14.6 Å². The number of ether oxygens (including phenoxy) is 2. The molecule has 4 rings (SSSR count). The molecule has 3 aromatic carbocycles. The highest BCUT2D eigenvalue weighted by atomic mass is 19.4. The van der Waals surface area contributed by atoms with Gasteiger partial charge in [0, 0.05) is 17.3 Å². The number of alkyl halides is 3. The van der Waals surface area contributed by atoms with Crippen LogP contribution in [0.4, 0.5) is 18.9 Å².